The highest BCUT2D eigenvalue weighted by molar-refractivity contribution is 5.92. The van der Waals surface area contributed by atoms with E-state index in [1.165, 1.54) is 7.11 Å². The van der Waals surface area contributed by atoms with Gasteiger partial charge in [-0.2, -0.15) is 0 Å². The third kappa shape index (κ3) is 4.19. The lowest BCUT2D eigenvalue weighted by Gasteiger charge is -2.50. The normalized spacial score (nSPS) is 25.8. The molecule has 0 bridgehead atoms. The summed E-state index contributed by atoms with van der Waals surface area (Å²) in [5, 5.41) is 3.62. The number of benzene rings is 1. The molecule has 2 saturated heterocycles. The molecule has 26 heavy (non-hydrogen) atoms. The van der Waals surface area contributed by atoms with Gasteiger partial charge in [0.1, 0.15) is 24.0 Å². The number of piperidine rings is 1. The number of ether oxygens (including phenoxy) is 4. The Balaban J connectivity index is 1.60. The molecule has 144 valence electrons. The smallest absolute Gasteiger partial charge is 0.342 e. The molecule has 1 aromatic rings. The van der Waals surface area contributed by atoms with Crippen LogP contribution in [0, 0.1) is 0 Å². The van der Waals surface area contributed by atoms with Crippen LogP contribution in [0.3, 0.4) is 0 Å². The molecule has 6 nitrogen and oxygen atoms in total. The van der Waals surface area contributed by atoms with Crippen LogP contribution in [0.2, 0.25) is 0 Å². The highest BCUT2D eigenvalue weighted by atomic mass is 16.8. The van der Waals surface area contributed by atoms with Gasteiger partial charge in [0.15, 0.2) is 5.79 Å². The van der Waals surface area contributed by atoms with Gasteiger partial charge in [-0.3, -0.25) is 0 Å². The van der Waals surface area contributed by atoms with Crippen molar-refractivity contribution in [1.29, 1.82) is 0 Å². The molecule has 1 unspecified atom stereocenters. The Labute approximate surface area is 155 Å². The minimum absolute atomic E-state index is 0.0925. The molecule has 2 aliphatic heterocycles. The van der Waals surface area contributed by atoms with E-state index < -0.39 is 11.8 Å². The van der Waals surface area contributed by atoms with Gasteiger partial charge >= 0.3 is 5.97 Å². The van der Waals surface area contributed by atoms with Crippen LogP contribution in [-0.4, -0.2) is 49.3 Å². The van der Waals surface area contributed by atoms with Crippen molar-refractivity contribution in [2.75, 3.05) is 20.3 Å². The zero-order valence-corrected chi connectivity index (χ0v) is 16.3. The molecule has 2 heterocycles. The maximum Gasteiger partial charge on any atom is 0.342 e. The number of carbonyl (C=O) groups excluding carboxylic acids is 1. The second-order valence-electron chi connectivity index (χ2n) is 8.51. The van der Waals surface area contributed by atoms with Gasteiger partial charge in [0.2, 0.25) is 0 Å². The number of nitrogens with one attached hydrogen (secondary N) is 1. The lowest BCUT2D eigenvalue weighted by atomic mass is 9.79. The van der Waals surface area contributed by atoms with Crippen LogP contribution >= 0.6 is 0 Å². The van der Waals surface area contributed by atoms with E-state index in [9.17, 15) is 4.79 Å². The summed E-state index contributed by atoms with van der Waals surface area (Å²) in [6, 6.07) is 7.02. The highest BCUT2D eigenvalue weighted by Crippen LogP contribution is 2.42. The maximum atomic E-state index is 12.3. The summed E-state index contributed by atoms with van der Waals surface area (Å²) >= 11 is 0. The molecular weight excluding hydrogens is 334 g/mol. The lowest BCUT2D eigenvalue weighted by molar-refractivity contribution is -0.216. The Morgan fingerprint density at radius 1 is 1.19 bits per heavy atom. The standard InChI is InChI=1S/C20H29NO5/c1-18(2)12-20(13-19(3,4)21-18)25-11-14(26-20)10-24-17(22)15-8-6-7-9-16(15)23-5/h6-9,14,21H,10-13H2,1-5H3. The van der Waals surface area contributed by atoms with Crippen molar-refractivity contribution in [1.82, 2.24) is 5.32 Å². The molecule has 0 saturated carbocycles. The molecule has 3 rings (SSSR count). The Hall–Kier alpha value is -1.63. The van der Waals surface area contributed by atoms with Gasteiger partial charge in [-0.25, -0.2) is 4.79 Å². The first-order valence-electron chi connectivity index (χ1n) is 9.05. The number of methoxy groups -OCH3 is 1. The van der Waals surface area contributed by atoms with E-state index in [-0.39, 0.29) is 23.8 Å². The highest BCUT2D eigenvalue weighted by Gasteiger charge is 2.53. The van der Waals surface area contributed by atoms with Crippen LogP contribution in [0.15, 0.2) is 24.3 Å². The predicted molar refractivity (Wildman–Crippen MR) is 97.4 cm³/mol. The first-order chi connectivity index (χ1) is 12.1. The maximum absolute atomic E-state index is 12.3. The molecule has 2 fully saturated rings. The summed E-state index contributed by atoms with van der Waals surface area (Å²) in [6.45, 7) is 9.18. The Kier molecular flexibility index (Phi) is 5.03. The van der Waals surface area contributed by atoms with Crippen LogP contribution in [0.5, 0.6) is 5.75 Å². The number of hydrogen-bond acceptors (Lipinski definition) is 6. The fraction of sp³-hybridized carbons (Fsp3) is 0.650. The summed E-state index contributed by atoms with van der Waals surface area (Å²) in [7, 11) is 1.53. The van der Waals surface area contributed by atoms with Gasteiger partial charge < -0.3 is 24.3 Å². The SMILES string of the molecule is COc1ccccc1C(=O)OCC1COC2(CC(C)(C)NC(C)(C)C2)O1. The van der Waals surface area contributed by atoms with E-state index in [0.717, 1.165) is 12.8 Å². The van der Waals surface area contributed by atoms with Crippen LogP contribution in [0.25, 0.3) is 0 Å². The summed E-state index contributed by atoms with van der Waals surface area (Å²) in [4.78, 5) is 12.3. The van der Waals surface area contributed by atoms with Crippen molar-refractivity contribution >= 4 is 5.97 Å². The second kappa shape index (κ2) is 6.83. The van der Waals surface area contributed by atoms with Gasteiger partial charge in [-0.1, -0.05) is 12.1 Å². The molecule has 6 heteroatoms. The zero-order chi connectivity index (χ0) is 19.0. The average molecular weight is 363 g/mol. The largest absolute Gasteiger partial charge is 0.496 e. The summed E-state index contributed by atoms with van der Waals surface area (Å²) in [6.07, 6.45) is 1.24. The van der Waals surface area contributed by atoms with E-state index >= 15 is 0 Å². The monoisotopic (exact) mass is 363 g/mol. The molecule has 0 amide bonds. The van der Waals surface area contributed by atoms with Crippen molar-refractivity contribution in [3.05, 3.63) is 29.8 Å². The van der Waals surface area contributed by atoms with Gasteiger partial charge in [0, 0.05) is 23.9 Å². The lowest BCUT2D eigenvalue weighted by Crippen LogP contribution is -2.63. The number of carbonyl (C=O) groups is 1. The molecule has 0 radical (unpaired) electrons. The van der Waals surface area contributed by atoms with Crippen molar-refractivity contribution in [3.63, 3.8) is 0 Å². The van der Waals surface area contributed by atoms with E-state index in [1.54, 1.807) is 18.2 Å². The molecule has 1 spiro atoms. The molecule has 0 aromatic heterocycles. The Bertz CT molecular complexity index is 654. The molecular formula is C20H29NO5. The first-order valence-corrected chi connectivity index (χ1v) is 9.05. The van der Waals surface area contributed by atoms with Gasteiger partial charge in [-0.05, 0) is 39.8 Å². The van der Waals surface area contributed by atoms with Gasteiger partial charge in [0.25, 0.3) is 0 Å². The fourth-order valence-electron chi connectivity index (χ4n) is 4.36. The topological polar surface area (TPSA) is 66.0 Å². The minimum Gasteiger partial charge on any atom is -0.496 e. The second-order valence-corrected chi connectivity index (χ2v) is 8.51. The van der Waals surface area contributed by atoms with Crippen LogP contribution in [0.1, 0.15) is 50.9 Å². The average Bonchev–Trinajstić information content (AvgIpc) is 2.90. The molecule has 0 aliphatic carbocycles. The number of para-hydroxylation sites is 1. The van der Waals surface area contributed by atoms with Crippen molar-refractivity contribution in [3.8, 4) is 5.75 Å². The van der Waals surface area contributed by atoms with E-state index in [1.807, 2.05) is 6.07 Å². The van der Waals surface area contributed by atoms with Crippen LogP contribution in [-0.2, 0) is 14.2 Å². The van der Waals surface area contributed by atoms with E-state index in [0.29, 0.717) is 17.9 Å². The van der Waals surface area contributed by atoms with Crippen LogP contribution in [0.4, 0.5) is 0 Å². The molecule has 2 aliphatic rings. The van der Waals surface area contributed by atoms with E-state index in [4.69, 9.17) is 18.9 Å². The summed E-state index contributed by atoms with van der Waals surface area (Å²) in [5.74, 6) is -0.544. The van der Waals surface area contributed by atoms with Gasteiger partial charge in [-0.15, -0.1) is 0 Å². The number of hydrogen-bond donors (Lipinski definition) is 1. The molecule has 1 N–H and O–H groups in total. The predicted octanol–water partition coefficient (Wildman–Crippen LogP) is 2.90. The van der Waals surface area contributed by atoms with Gasteiger partial charge in [0.05, 0.1) is 13.7 Å². The fourth-order valence-corrected chi connectivity index (χ4v) is 4.36. The third-order valence-electron chi connectivity index (χ3n) is 4.74. The van der Waals surface area contributed by atoms with Crippen molar-refractivity contribution in [2.45, 2.75) is 63.5 Å². The Morgan fingerprint density at radius 3 is 2.50 bits per heavy atom. The molecule has 1 atom stereocenters. The summed E-state index contributed by atoms with van der Waals surface area (Å²) < 4.78 is 23.0. The van der Waals surface area contributed by atoms with Crippen molar-refractivity contribution < 1.29 is 23.7 Å². The molecule has 1 aromatic carbocycles. The quantitative estimate of drug-likeness (QED) is 0.830. The minimum atomic E-state index is -0.625. The number of esters is 1. The summed E-state index contributed by atoms with van der Waals surface area (Å²) in [5.41, 5.74) is 0.225. The van der Waals surface area contributed by atoms with E-state index in [2.05, 4.69) is 33.0 Å². The number of rotatable bonds is 4. The Morgan fingerprint density at radius 2 is 1.85 bits per heavy atom. The first kappa shape index (κ1) is 19.1. The zero-order valence-electron chi connectivity index (χ0n) is 16.3. The van der Waals surface area contributed by atoms with Crippen molar-refractivity contribution in [2.24, 2.45) is 0 Å². The van der Waals surface area contributed by atoms with Crippen LogP contribution < -0.4 is 10.1 Å². The third-order valence-corrected chi connectivity index (χ3v) is 4.74.